The highest BCUT2D eigenvalue weighted by Gasteiger charge is 2.33. The van der Waals surface area contributed by atoms with Crippen LogP contribution in [-0.2, 0) is 7.05 Å². The summed E-state index contributed by atoms with van der Waals surface area (Å²) < 4.78 is 2.02. The van der Waals surface area contributed by atoms with E-state index < -0.39 is 6.09 Å². The molecule has 5 heteroatoms. The van der Waals surface area contributed by atoms with Crippen LogP contribution in [0.5, 0.6) is 0 Å². The maximum Gasteiger partial charge on any atom is 0.407 e. The van der Waals surface area contributed by atoms with Crippen molar-refractivity contribution < 1.29 is 9.90 Å². The number of benzene rings is 2. The summed E-state index contributed by atoms with van der Waals surface area (Å²) in [5, 5.41) is 9.39. The fourth-order valence-corrected chi connectivity index (χ4v) is 3.59. The lowest BCUT2D eigenvalue weighted by Gasteiger charge is -2.20. The number of aryl methyl sites for hydroxylation is 1. The molecule has 0 aliphatic carbocycles. The van der Waals surface area contributed by atoms with E-state index in [4.69, 9.17) is 4.98 Å². The first-order valence-corrected chi connectivity index (χ1v) is 8.16. The maximum absolute atomic E-state index is 11.4. The Hall–Kier alpha value is -2.82. The van der Waals surface area contributed by atoms with Gasteiger partial charge < -0.3 is 9.67 Å². The van der Waals surface area contributed by atoms with Crippen LogP contribution in [0.1, 0.15) is 24.7 Å². The number of carbonyl (C=O) groups is 1. The standard InChI is InChI=1S/C19H19N3O2/c1-21-16-10-9-14(13-6-3-2-4-7-13)12-15(16)20-18(21)17-8-5-11-22(17)19(23)24/h2-4,6-7,9-10,12,17H,5,8,11H2,1H3,(H,23,24). The Bertz CT molecular complexity index is 902. The molecule has 0 saturated carbocycles. The molecule has 1 amide bonds. The van der Waals surface area contributed by atoms with Gasteiger partial charge >= 0.3 is 6.09 Å². The fraction of sp³-hybridized carbons (Fsp3) is 0.263. The van der Waals surface area contributed by atoms with Crippen LogP contribution in [0.25, 0.3) is 22.2 Å². The van der Waals surface area contributed by atoms with Crippen molar-refractivity contribution in [3.05, 3.63) is 54.4 Å². The van der Waals surface area contributed by atoms with Crippen LogP contribution in [0.2, 0.25) is 0 Å². The van der Waals surface area contributed by atoms with Gasteiger partial charge in [0.05, 0.1) is 17.1 Å². The molecule has 5 nitrogen and oxygen atoms in total. The lowest BCUT2D eigenvalue weighted by molar-refractivity contribution is 0.138. The first-order chi connectivity index (χ1) is 11.6. The third-order valence-corrected chi connectivity index (χ3v) is 4.82. The van der Waals surface area contributed by atoms with E-state index in [1.165, 1.54) is 4.90 Å². The highest BCUT2D eigenvalue weighted by atomic mass is 16.4. The van der Waals surface area contributed by atoms with Gasteiger partial charge in [0.15, 0.2) is 0 Å². The molecule has 0 bridgehead atoms. The van der Waals surface area contributed by atoms with Gasteiger partial charge in [-0.3, -0.25) is 4.90 Å². The number of likely N-dealkylation sites (tertiary alicyclic amines) is 1. The zero-order valence-electron chi connectivity index (χ0n) is 13.5. The molecule has 1 unspecified atom stereocenters. The molecule has 24 heavy (non-hydrogen) atoms. The minimum Gasteiger partial charge on any atom is -0.465 e. The number of fused-ring (bicyclic) bond motifs is 1. The molecule has 0 spiro atoms. The van der Waals surface area contributed by atoms with Gasteiger partial charge in [-0.15, -0.1) is 0 Å². The number of imidazole rings is 1. The predicted molar refractivity (Wildman–Crippen MR) is 92.9 cm³/mol. The average molecular weight is 321 g/mol. The second-order valence-electron chi connectivity index (χ2n) is 6.23. The van der Waals surface area contributed by atoms with Crippen molar-refractivity contribution in [2.24, 2.45) is 7.05 Å². The number of amides is 1. The average Bonchev–Trinajstić information content (AvgIpc) is 3.20. The second-order valence-corrected chi connectivity index (χ2v) is 6.23. The summed E-state index contributed by atoms with van der Waals surface area (Å²) in [4.78, 5) is 17.7. The number of hydrogen-bond donors (Lipinski definition) is 1. The summed E-state index contributed by atoms with van der Waals surface area (Å²) in [6, 6.07) is 16.3. The lowest BCUT2D eigenvalue weighted by atomic mass is 10.1. The van der Waals surface area contributed by atoms with E-state index >= 15 is 0 Å². The predicted octanol–water partition coefficient (Wildman–Crippen LogP) is 4.06. The second kappa shape index (κ2) is 5.67. The van der Waals surface area contributed by atoms with Gasteiger partial charge in [0.2, 0.25) is 0 Å². The van der Waals surface area contributed by atoms with Crippen molar-refractivity contribution in [2.45, 2.75) is 18.9 Å². The zero-order valence-corrected chi connectivity index (χ0v) is 13.5. The molecular weight excluding hydrogens is 302 g/mol. The highest BCUT2D eigenvalue weighted by Crippen LogP contribution is 2.33. The Kier molecular flexibility index (Phi) is 3.49. The summed E-state index contributed by atoms with van der Waals surface area (Å²) in [6.45, 7) is 0.582. The first kappa shape index (κ1) is 14.8. The number of rotatable bonds is 2. The molecule has 1 aliphatic heterocycles. The summed E-state index contributed by atoms with van der Waals surface area (Å²) in [6.07, 6.45) is 0.847. The Morgan fingerprint density at radius 2 is 1.96 bits per heavy atom. The van der Waals surface area contributed by atoms with Crippen molar-refractivity contribution in [1.29, 1.82) is 0 Å². The monoisotopic (exact) mass is 321 g/mol. The van der Waals surface area contributed by atoms with Crippen molar-refractivity contribution in [2.75, 3.05) is 6.54 Å². The molecule has 1 aromatic heterocycles. The largest absolute Gasteiger partial charge is 0.465 e. The van der Waals surface area contributed by atoms with E-state index in [2.05, 4.69) is 30.3 Å². The van der Waals surface area contributed by atoms with E-state index in [9.17, 15) is 9.90 Å². The summed E-state index contributed by atoms with van der Waals surface area (Å²) in [7, 11) is 1.96. The van der Waals surface area contributed by atoms with Gasteiger partial charge in [0.25, 0.3) is 0 Å². The quantitative estimate of drug-likeness (QED) is 0.774. The van der Waals surface area contributed by atoms with E-state index in [-0.39, 0.29) is 6.04 Å². The molecule has 1 fully saturated rings. The van der Waals surface area contributed by atoms with Crippen molar-refractivity contribution >= 4 is 17.1 Å². The Balaban J connectivity index is 1.79. The minimum absolute atomic E-state index is 0.153. The first-order valence-electron chi connectivity index (χ1n) is 8.16. The summed E-state index contributed by atoms with van der Waals surface area (Å²) >= 11 is 0. The Labute approximate surface area is 140 Å². The van der Waals surface area contributed by atoms with Crippen molar-refractivity contribution in [3.8, 4) is 11.1 Å². The Morgan fingerprint density at radius 3 is 2.71 bits per heavy atom. The molecular formula is C19H19N3O2. The van der Waals surface area contributed by atoms with Crippen molar-refractivity contribution in [3.63, 3.8) is 0 Å². The summed E-state index contributed by atoms with van der Waals surface area (Å²) in [5.74, 6) is 0.829. The van der Waals surface area contributed by atoms with Crippen LogP contribution in [0.3, 0.4) is 0 Å². The van der Waals surface area contributed by atoms with Crippen LogP contribution in [0.15, 0.2) is 48.5 Å². The Morgan fingerprint density at radius 1 is 1.17 bits per heavy atom. The van der Waals surface area contributed by atoms with E-state index in [1.54, 1.807) is 0 Å². The smallest absolute Gasteiger partial charge is 0.407 e. The number of nitrogens with zero attached hydrogens (tertiary/aromatic N) is 3. The number of carboxylic acid groups (broad SMARTS) is 1. The van der Waals surface area contributed by atoms with Crippen LogP contribution in [0, 0.1) is 0 Å². The molecule has 2 heterocycles. The summed E-state index contributed by atoms with van der Waals surface area (Å²) in [5.41, 5.74) is 4.21. The van der Waals surface area contributed by atoms with Gasteiger partial charge in [-0.1, -0.05) is 36.4 Å². The van der Waals surface area contributed by atoms with Gasteiger partial charge in [0.1, 0.15) is 5.82 Å². The molecule has 3 aromatic rings. The molecule has 1 atom stereocenters. The van der Waals surface area contributed by atoms with Crippen molar-refractivity contribution in [1.82, 2.24) is 14.5 Å². The molecule has 1 aliphatic rings. The maximum atomic E-state index is 11.4. The zero-order chi connectivity index (χ0) is 16.7. The highest BCUT2D eigenvalue weighted by molar-refractivity contribution is 5.82. The van der Waals surface area contributed by atoms with E-state index in [0.29, 0.717) is 6.54 Å². The molecule has 1 saturated heterocycles. The van der Waals surface area contributed by atoms with E-state index in [1.807, 2.05) is 29.8 Å². The van der Waals surface area contributed by atoms with Gasteiger partial charge in [-0.2, -0.15) is 0 Å². The van der Waals surface area contributed by atoms with Crippen LogP contribution < -0.4 is 0 Å². The number of hydrogen-bond acceptors (Lipinski definition) is 2. The SMILES string of the molecule is Cn1c(C2CCCN2C(=O)O)nc2cc(-c3ccccc3)ccc21. The normalized spacial score (nSPS) is 17.5. The topological polar surface area (TPSA) is 58.4 Å². The number of aromatic nitrogens is 2. The third kappa shape index (κ3) is 2.33. The van der Waals surface area contributed by atoms with Gasteiger partial charge in [-0.25, -0.2) is 9.78 Å². The molecule has 1 N–H and O–H groups in total. The van der Waals surface area contributed by atoms with Crippen LogP contribution in [-0.4, -0.2) is 32.2 Å². The van der Waals surface area contributed by atoms with E-state index in [0.717, 1.165) is 40.8 Å². The van der Waals surface area contributed by atoms with Gasteiger partial charge in [-0.05, 0) is 36.1 Å². The minimum atomic E-state index is -0.866. The molecule has 122 valence electrons. The molecule has 4 rings (SSSR count). The fourth-order valence-electron chi connectivity index (χ4n) is 3.59. The van der Waals surface area contributed by atoms with Gasteiger partial charge in [0, 0.05) is 13.6 Å². The lowest BCUT2D eigenvalue weighted by Crippen LogP contribution is -2.30. The molecule has 0 radical (unpaired) electrons. The van der Waals surface area contributed by atoms with Crippen LogP contribution >= 0.6 is 0 Å². The van der Waals surface area contributed by atoms with Crippen LogP contribution in [0.4, 0.5) is 4.79 Å². The molecule has 2 aromatic carbocycles. The third-order valence-electron chi connectivity index (χ3n) is 4.82.